The summed E-state index contributed by atoms with van der Waals surface area (Å²) < 4.78 is 0. The van der Waals surface area contributed by atoms with Gasteiger partial charge in [-0.2, -0.15) is 0 Å². The van der Waals surface area contributed by atoms with Gasteiger partial charge in [-0.15, -0.1) is 0 Å². The molecule has 0 aliphatic heterocycles. The zero-order valence-electron chi connectivity index (χ0n) is 17.2. The minimum Gasteiger partial charge on any atom is -0.0646 e. The molecule has 4 rings (SSSR count). The summed E-state index contributed by atoms with van der Waals surface area (Å²) in [5.74, 6) is 0.882. The fourth-order valence-corrected chi connectivity index (χ4v) is 4.27. The fraction of sp³-hybridized carbons (Fsp3) is 0.333. The molecule has 1 atom stereocenters. The molecule has 0 saturated carbocycles. The number of hydrogen-bond donors (Lipinski definition) is 0. The maximum absolute atomic E-state index is 2.48. The third-order valence-electron chi connectivity index (χ3n) is 6.50. The van der Waals surface area contributed by atoms with E-state index >= 15 is 0 Å². The highest BCUT2D eigenvalue weighted by Gasteiger charge is 2.32. The van der Waals surface area contributed by atoms with Crippen molar-refractivity contribution in [3.8, 4) is 11.1 Å². The highest BCUT2D eigenvalue weighted by atomic mass is 14.3. The SMILES string of the molecule is CCC(C)(C)c1ccc2c(c1)C(c1ccccc1)c1cc(C(C)C)ccc1-2. The van der Waals surface area contributed by atoms with Crippen LogP contribution >= 0.6 is 0 Å². The van der Waals surface area contributed by atoms with Gasteiger partial charge in [-0.1, -0.05) is 101 Å². The molecule has 0 nitrogen and oxygen atoms in total. The zero-order chi connectivity index (χ0) is 19.2. The zero-order valence-corrected chi connectivity index (χ0v) is 17.2. The predicted octanol–water partition coefficient (Wildman–Crippen LogP) is 7.66. The summed E-state index contributed by atoms with van der Waals surface area (Å²) in [4.78, 5) is 0. The summed E-state index contributed by atoms with van der Waals surface area (Å²) >= 11 is 0. The van der Waals surface area contributed by atoms with E-state index in [0.717, 1.165) is 6.42 Å². The molecule has 0 saturated heterocycles. The molecule has 3 aromatic carbocycles. The summed E-state index contributed by atoms with van der Waals surface area (Å²) in [6, 6.07) is 25.3. The molecule has 0 bridgehead atoms. The van der Waals surface area contributed by atoms with Gasteiger partial charge in [0.05, 0.1) is 0 Å². The van der Waals surface area contributed by atoms with Gasteiger partial charge in [0.25, 0.3) is 0 Å². The molecule has 0 heteroatoms. The topological polar surface area (TPSA) is 0 Å². The second kappa shape index (κ2) is 6.68. The highest BCUT2D eigenvalue weighted by Crippen LogP contribution is 2.49. The van der Waals surface area contributed by atoms with Crippen molar-refractivity contribution in [1.82, 2.24) is 0 Å². The van der Waals surface area contributed by atoms with Crippen molar-refractivity contribution in [1.29, 1.82) is 0 Å². The lowest BCUT2D eigenvalue weighted by atomic mass is 9.79. The summed E-state index contributed by atoms with van der Waals surface area (Å²) in [5, 5.41) is 0. The first-order valence-electron chi connectivity index (χ1n) is 10.3. The van der Waals surface area contributed by atoms with Crippen LogP contribution < -0.4 is 0 Å². The molecular weight excluding hydrogens is 324 g/mol. The number of rotatable bonds is 4. The van der Waals surface area contributed by atoms with Crippen molar-refractivity contribution in [3.63, 3.8) is 0 Å². The second-order valence-corrected chi connectivity index (χ2v) is 8.88. The van der Waals surface area contributed by atoms with Crippen LogP contribution in [0.15, 0.2) is 66.7 Å². The second-order valence-electron chi connectivity index (χ2n) is 8.88. The third kappa shape index (κ3) is 3.02. The molecule has 0 amide bonds. The third-order valence-corrected chi connectivity index (χ3v) is 6.50. The van der Waals surface area contributed by atoms with E-state index in [0.29, 0.717) is 11.8 Å². The Labute approximate surface area is 164 Å². The molecule has 138 valence electrons. The Kier molecular flexibility index (Phi) is 4.46. The van der Waals surface area contributed by atoms with E-state index in [1.807, 2.05) is 0 Å². The van der Waals surface area contributed by atoms with Crippen LogP contribution in [-0.2, 0) is 5.41 Å². The number of hydrogen-bond acceptors (Lipinski definition) is 0. The van der Waals surface area contributed by atoms with Crippen LogP contribution in [0.5, 0.6) is 0 Å². The average Bonchev–Trinajstić information content (AvgIpc) is 3.01. The van der Waals surface area contributed by atoms with Gasteiger partial charge in [0.15, 0.2) is 0 Å². The molecule has 1 aliphatic rings. The monoisotopic (exact) mass is 354 g/mol. The van der Waals surface area contributed by atoms with Gasteiger partial charge in [0, 0.05) is 5.92 Å². The Morgan fingerprint density at radius 1 is 0.815 bits per heavy atom. The van der Waals surface area contributed by atoms with Gasteiger partial charge in [-0.3, -0.25) is 0 Å². The number of benzene rings is 3. The molecule has 1 aliphatic carbocycles. The van der Waals surface area contributed by atoms with E-state index in [1.165, 1.54) is 38.9 Å². The quantitative estimate of drug-likeness (QED) is 0.353. The van der Waals surface area contributed by atoms with E-state index in [9.17, 15) is 0 Å². The Bertz CT molecular complexity index is 961. The molecule has 0 N–H and O–H groups in total. The van der Waals surface area contributed by atoms with Crippen LogP contribution in [0.3, 0.4) is 0 Å². The Hall–Kier alpha value is -2.34. The van der Waals surface area contributed by atoms with Crippen LogP contribution in [0.1, 0.15) is 80.7 Å². The largest absolute Gasteiger partial charge is 0.0646 e. The van der Waals surface area contributed by atoms with Crippen LogP contribution in [0.25, 0.3) is 11.1 Å². The average molecular weight is 355 g/mol. The molecule has 1 unspecified atom stereocenters. The molecule has 0 spiro atoms. The minimum absolute atomic E-state index is 0.203. The lowest BCUT2D eigenvalue weighted by Crippen LogP contribution is -2.16. The van der Waals surface area contributed by atoms with E-state index in [1.54, 1.807) is 0 Å². The van der Waals surface area contributed by atoms with Gasteiger partial charge in [-0.05, 0) is 56.7 Å². The molecule has 27 heavy (non-hydrogen) atoms. The van der Waals surface area contributed by atoms with Gasteiger partial charge in [0.2, 0.25) is 0 Å². The summed E-state index contributed by atoms with van der Waals surface area (Å²) in [6.45, 7) is 11.6. The van der Waals surface area contributed by atoms with Crippen LogP contribution in [0, 0.1) is 0 Å². The van der Waals surface area contributed by atoms with Gasteiger partial charge >= 0.3 is 0 Å². The maximum Gasteiger partial charge on any atom is 0.0352 e. The van der Waals surface area contributed by atoms with Crippen molar-refractivity contribution < 1.29 is 0 Å². The van der Waals surface area contributed by atoms with Crippen molar-refractivity contribution in [3.05, 3.63) is 94.5 Å². The van der Waals surface area contributed by atoms with Crippen molar-refractivity contribution in [2.24, 2.45) is 0 Å². The Morgan fingerprint density at radius 3 is 2.07 bits per heavy atom. The van der Waals surface area contributed by atoms with Gasteiger partial charge in [-0.25, -0.2) is 0 Å². The molecular formula is C27H30. The van der Waals surface area contributed by atoms with E-state index < -0.39 is 0 Å². The fourth-order valence-electron chi connectivity index (χ4n) is 4.27. The molecule has 0 aromatic heterocycles. The van der Waals surface area contributed by atoms with Gasteiger partial charge < -0.3 is 0 Å². The van der Waals surface area contributed by atoms with Crippen molar-refractivity contribution >= 4 is 0 Å². The van der Waals surface area contributed by atoms with Crippen LogP contribution in [-0.4, -0.2) is 0 Å². The first-order valence-corrected chi connectivity index (χ1v) is 10.3. The highest BCUT2D eigenvalue weighted by molar-refractivity contribution is 5.81. The maximum atomic E-state index is 2.48. The van der Waals surface area contributed by atoms with Crippen molar-refractivity contribution in [2.45, 2.75) is 58.3 Å². The summed E-state index contributed by atoms with van der Waals surface area (Å²) in [5.41, 5.74) is 10.2. The summed E-state index contributed by atoms with van der Waals surface area (Å²) in [7, 11) is 0. The molecule has 0 heterocycles. The minimum atomic E-state index is 0.203. The standard InChI is InChI=1S/C27H30/c1-6-27(4,5)21-13-15-23-22-14-12-20(18(2)3)16-24(22)26(25(23)17-21)19-10-8-7-9-11-19/h7-18,26H,6H2,1-5H3. The predicted molar refractivity (Wildman–Crippen MR) is 117 cm³/mol. The normalized spacial score (nSPS) is 15.7. The lowest BCUT2D eigenvalue weighted by Gasteiger charge is -2.25. The van der Waals surface area contributed by atoms with Crippen molar-refractivity contribution in [2.75, 3.05) is 0 Å². The first-order chi connectivity index (χ1) is 12.9. The Morgan fingerprint density at radius 2 is 1.44 bits per heavy atom. The number of fused-ring (bicyclic) bond motifs is 3. The van der Waals surface area contributed by atoms with Crippen LogP contribution in [0.2, 0.25) is 0 Å². The molecule has 3 aromatic rings. The smallest absolute Gasteiger partial charge is 0.0352 e. The van der Waals surface area contributed by atoms with E-state index in [4.69, 9.17) is 0 Å². The lowest BCUT2D eigenvalue weighted by molar-refractivity contribution is 0.506. The van der Waals surface area contributed by atoms with Crippen LogP contribution in [0.4, 0.5) is 0 Å². The molecule has 0 radical (unpaired) electrons. The molecule has 0 fully saturated rings. The van der Waals surface area contributed by atoms with Gasteiger partial charge in [0.1, 0.15) is 0 Å². The first kappa shape index (κ1) is 18.0. The summed E-state index contributed by atoms with van der Waals surface area (Å²) in [6.07, 6.45) is 1.15. The Balaban J connectivity index is 1.95. The van der Waals surface area contributed by atoms with E-state index in [2.05, 4.69) is 101 Å². The van der Waals surface area contributed by atoms with E-state index in [-0.39, 0.29) is 5.41 Å².